The fourth-order valence-corrected chi connectivity index (χ4v) is 8.53. The van der Waals surface area contributed by atoms with E-state index in [-0.39, 0.29) is 0 Å². The molecule has 0 N–H and O–H groups in total. The van der Waals surface area contributed by atoms with Gasteiger partial charge in [0, 0.05) is 33.4 Å². The van der Waals surface area contributed by atoms with Crippen LogP contribution in [-0.2, 0) is 0 Å². The van der Waals surface area contributed by atoms with Crippen LogP contribution in [0.4, 0.5) is 0 Å². The van der Waals surface area contributed by atoms with E-state index in [9.17, 15) is 0 Å². The Morgan fingerprint density at radius 1 is 0.625 bits per heavy atom. The van der Waals surface area contributed by atoms with Crippen LogP contribution >= 0.6 is 67.9 Å². The second-order valence-corrected chi connectivity index (χ2v) is 12.1. The van der Waals surface area contributed by atoms with Gasteiger partial charge in [0.05, 0.1) is 2.88 Å². The van der Waals surface area contributed by atoms with Gasteiger partial charge in [0.25, 0.3) is 0 Å². The van der Waals surface area contributed by atoms with Gasteiger partial charge in [0.1, 0.15) is 0 Å². The Kier molecular flexibility index (Phi) is 3.83. The molecular formula is C19H11IS4. The summed E-state index contributed by atoms with van der Waals surface area (Å²) in [5.74, 6) is 0. The molecule has 0 nitrogen and oxygen atoms in total. The van der Waals surface area contributed by atoms with Gasteiger partial charge >= 0.3 is 0 Å². The summed E-state index contributed by atoms with van der Waals surface area (Å²) < 4.78 is 6.98. The predicted octanol–water partition coefficient (Wildman–Crippen LogP) is 8.49. The van der Waals surface area contributed by atoms with Gasteiger partial charge in [-0.25, -0.2) is 0 Å². The molecule has 0 saturated heterocycles. The normalized spacial score (nSPS) is 11.8. The van der Waals surface area contributed by atoms with E-state index < -0.39 is 0 Å². The summed E-state index contributed by atoms with van der Waals surface area (Å²) in [5.41, 5.74) is 2.63. The lowest BCUT2D eigenvalue weighted by molar-refractivity contribution is 1.66. The zero-order valence-electron chi connectivity index (χ0n) is 12.6. The standard InChI is InChI=1S/C19H11IS4/c1-10-6-15-16(21-10)7-13(22-15)11-2-4-12(5-3-11)14-8-17-18(23-14)9-19(20)24-17/h2-9H,1H3. The van der Waals surface area contributed by atoms with Crippen LogP contribution in [0.3, 0.4) is 0 Å². The van der Waals surface area contributed by atoms with E-state index in [0.29, 0.717) is 0 Å². The molecule has 5 aromatic rings. The Morgan fingerprint density at radius 2 is 1.12 bits per heavy atom. The fraction of sp³-hybridized carbons (Fsp3) is 0.0526. The Morgan fingerprint density at radius 3 is 1.67 bits per heavy atom. The quantitative estimate of drug-likeness (QED) is 0.216. The average molecular weight is 494 g/mol. The largest absolute Gasteiger partial charge is 0.140 e. The lowest BCUT2D eigenvalue weighted by Gasteiger charge is -2.00. The third-order valence-corrected chi connectivity index (χ3v) is 9.32. The summed E-state index contributed by atoms with van der Waals surface area (Å²) in [6, 6.07) is 18.3. The zero-order valence-corrected chi connectivity index (χ0v) is 18.1. The molecule has 0 fully saturated rings. The molecule has 5 rings (SSSR count). The van der Waals surface area contributed by atoms with Crippen molar-refractivity contribution < 1.29 is 0 Å². The molecule has 4 heterocycles. The topological polar surface area (TPSA) is 0 Å². The van der Waals surface area contributed by atoms with E-state index in [4.69, 9.17) is 0 Å². The highest BCUT2D eigenvalue weighted by Gasteiger charge is 2.10. The number of hydrogen-bond acceptors (Lipinski definition) is 4. The lowest BCUT2D eigenvalue weighted by Crippen LogP contribution is -1.74. The average Bonchev–Trinajstić information content (AvgIpc) is 3.26. The first-order valence-corrected chi connectivity index (χ1v) is 11.8. The lowest BCUT2D eigenvalue weighted by atomic mass is 10.1. The molecule has 1 aromatic carbocycles. The number of fused-ring (bicyclic) bond motifs is 2. The smallest absolute Gasteiger partial charge is 0.0674 e. The Hall–Kier alpha value is -0.730. The molecule has 0 aliphatic carbocycles. The van der Waals surface area contributed by atoms with Crippen molar-refractivity contribution in [2.75, 3.05) is 0 Å². The summed E-state index contributed by atoms with van der Waals surface area (Å²) >= 11 is 9.94. The number of thiophene rings is 4. The van der Waals surface area contributed by atoms with Crippen molar-refractivity contribution in [1.29, 1.82) is 0 Å². The van der Waals surface area contributed by atoms with Gasteiger partial charge in [0.2, 0.25) is 0 Å². The summed E-state index contributed by atoms with van der Waals surface area (Å²) in [4.78, 5) is 4.12. The third kappa shape index (κ3) is 2.66. The molecule has 24 heavy (non-hydrogen) atoms. The van der Waals surface area contributed by atoms with E-state index in [2.05, 4.69) is 78.0 Å². The first kappa shape index (κ1) is 15.5. The first-order chi connectivity index (χ1) is 11.7. The molecule has 0 radical (unpaired) electrons. The van der Waals surface area contributed by atoms with Crippen LogP contribution in [0.2, 0.25) is 0 Å². The van der Waals surface area contributed by atoms with Crippen molar-refractivity contribution in [2.45, 2.75) is 6.92 Å². The van der Waals surface area contributed by atoms with Gasteiger partial charge in [-0.3, -0.25) is 0 Å². The minimum atomic E-state index is 1.32. The Labute approximate surface area is 169 Å². The molecule has 0 bridgehead atoms. The molecule has 4 aromatic heterocycles. The molecule has 0 aliphatic rings. The van der Waals surface area contributed by atoms with Crippen LogP contribution in [-0.4, -0.2) is 0 Å². The summed E-state index contributed by atoms with van der Waals surface area (Å²) in [5, 5.41) is 0. The van der Waals surface area contributed by atoms with Crippen LogP contribution in [0.25, 0.3) is 39.7 Å². The fourth-order valence-electron chi connectivity index (χ4n) is 2.85. The van der Waals surface area contributed by atoms with Gasteiger partial charge in [-0.1, -0.05) is 24.3 Å². The highest BCUT2D eigenvalue weighted by atomic mass is 127. The molecule has 0 unspecified atom stereocenters. The van der Waals surface area contributed by atoms with Crippen LogP contribution < -0.4 is 0 Å². The number of rotatable bonds is 2. The van der Waals surface area contributed by atoms with Crippen LogP contribution in [0, 0.1) is 9.81 Å². The van der Waals surface area contributed by atoms with E-state index in [0.717, 1.165) is 0 Å². The van der Waals surface area contributed by atoms with Crippen molar-refractivity contribution in [1.82, 2.24) is 0 Å². The maximum atomic E-state index is 2.40. The van der Waals surface area contributed by atoms with Crippen molar-refractivity contribution in [3.63, 3.8) is 0 Å². The van der Waals surface area contributed by atoms with Crippen molar-refractivity contribution in [2.24, 2.45) is 0 Å². The molecular weight excluding hydrogens is 483 g/mol. The number of halogens is 1. The molecule has 0 spiro atoms. The second kappa shape index (κ2) is 5.92. The second-order valence-electron chi connectivity index (χ2n) is 5.66. The van der Waals surface area contributed by atoms with Crippen LogP contribution in [0.5, 0.6) is 0 Å². The van der Waals surface area contributed by atoms with E-state index in [1.165, 1.54) is 47.4 Å². The SMILES string of the molecule is Cc1cc2sc(-c3ccc(-c4cc5sc(I)cc5s4)cc3)cc2s1. The highest BCUT2D eigenvalue weighted by molar-refractivity contribution is 14.1. The highest BCUT2D eigenvalue weighted by Crippen LogP contribution is 2.41. The summed E-state index contributed by atoms with van der Waals surface area (Å²) in [7, 11) is 0. The number of hydrogen-bond donors (Lipinski definition) is 0. The number of aryl methyl sites for hydroxylation is 1. The molecule has 0 amide bonds. The van der Waals surface area contributed by atoms with Crippen LogP contribution in [0.1, 0.15) is 4.88 Å². The maximum absolute atomic E-state index is 2.40. The monoisotopic (exact) mass is 494 g/mol. The summed E-state index contributed by atoms with van der Waals surface area (Å²) in [6.07, 6.45) is 0. The third-order valence-electron chi connectivity index (χ3n) is 3.96. The molecule has 5 heteroatoms. The van der Waals surface area contributed by atoms with Gasteiger partial charge in [0.15, 0.2) is 0 Å². The zero-order chi connectivity index (χ0) is 16.3. The van der Waals surface area contributed by atoms with Gasteiger partial charge < -0.3 is 0 Å². The minimum absolute atomic E-state index is 1.32. The van der Waals surface area contributed by atoms with Crippen molar-refractivity contribution >= 4 is 86.7 Å². The van der Waals surface area contributed by atoms with E-state index in [1.54, 1.807) is 0 Å². The molecule has 118 valence electrons. The van der Waals surface area contributed by atoms with Crippen molar-refractivity contribution in [3.05, 3.63) is 56.3 Å². The minimum Gasteiger partial charge on any atom is -0.140 e. The maximum Gasteiger partial charge on any atom is 0.0674 e. The predicted molar refractivity (Wildman–Crippen MR) is 121 cm³/mol. The Balaban J connectivity index is 1.51. The number of benzene rings is 1. The Bertz CT molecular complexity index is 1010. The summed E-state index contributed by atoms with van der Waals surface area (Å²) in [6.45, 7) is 2.18. The van der Waals surface area contributed by atoms with E-state index >= 15 is 0 Å². The van der Waals surface area contributed by atoms with Crippen molar-refractivity contribution in [3.8, 4) is 20.9 Å². The van der Waals surface area contributed by atoms with E-state index in [1.807, 2.05) is 45.3 Å². The van der Waals surface area contributed by atoms with Crippen LogP contribution in [0.15, 0.2) is 48.5 Å². The molecule has 0 aliphatic heterocycles. The van der Waals surface area contributed by atoms with Gasteiger partial charge in [-0.05, 0) is 64.9 Å². The first-order valence-electron chi connectivity index (χ1n) is 7.45. The van der Waals surface area contributed by atoms with Gasteiger partial charge in [-0.15, -0.1) is 45.3 Å². The van der Waals surface area contributed by atoms with Gasteiger partial charge in [-0.2, -0.15) is 0 Å². The molecule has 0 saturated carbocycles. The molecule has 0 atom stereocenters.